The Bertz CT molecular complexity index is 186. The number of aliphatic hydroxyl groups is 1. The van der Waals surface area contributed by atoms with E-state index in [0.717, 1.165) is 30.8 Å². The van der Waals surface area contributed by atoms with Crippen LogP contribution in [-0.4, -0.2) is 41.0 Å². The van der Waals surface area contributed by atoms with Crippen molar-refractivity contribution in [3.63, 3.8) is 0 Å². The molecule has 2 atom stereocenters. The standard InChI is InChI=1S/C9H17NO2S/c10-8(3-4-12-6-8)9(11)2-1-5-13-7-9/h11H,1-7,10H2. The van der Waals surface area contributed by atoms with Crippen LogP contribution in [0.3, 0.4) is 0 Å². The first-order valence-electron chi connectivity index (χ1n) is 4.83. The highest BCUT2D eigenvalue weighted by molar-refractivity contribution is 7.99. The minimum atomic E-state index is -0.688. The van der Waals surface area contributed by atoms with Crippen LogP contribution in [0.1, 0.15) is 19.3 Å². The lowest BCUT2D eigenvalue weighted by atomic mass is 9.78. The van der Waals surface area contributed by atoms with Crippen LogP contribution in [0, 0.1) is 0 Å². The summed E-state index contributed by atoms with van der Waals surface area (Å²) >= 11 is 1.80. The van der Waals surface area contributed by atoms with Crippen LogP contribution >= 0.6 is 11.8 Å². The highest BCUT2D eigenvalue weighted by Gasteiger charge is 2.50. The summed E-state index contributed by atoms with van der Waals surface area (Å²) in [7, 11) is 0. The van der Waals surface area contributed by atoms with Gasteiger partial charge in [-0.1, -0.05) is 0 Å². The summed E-state index contributed by atoms with van der Waals surface area (Å²) in [5.41, 5.74) is 5.01. The molecule has 3 N–H and O–H groups in total. The van der Waals surface area contributed by atoms with E-state index in [0.29, 0.717) is 13.2 Å². The van der Waals surface area contributed by atoms with E-state index in [2.05, 4.69) is 0 Å². The first-order chi connectivity index (χ1) is 6.16. The average Bonchev–Trinajstić information content (AvgIpc) is 2.55. The van der Waals surface area contributed by atoms with Crippen LogP contribution in [0.15, 0.2) is 0 Å². The van der Waals surface area contributed by atoms with E-state index < -0.39 is 11.1 Å². The summed E-state index contributed by atoms with van der Waals surface area (Å²) in [6.07, 6.45) is 2.70. The largest absolute Gasteiger partial charge is 0.387 e. The van der Waals surface area contributed by atoms with Crippen LogP contribution in [0.5, 0.6) is 0 Å². The van der Waals surface area contributed by atoms with Crippen LogP contribution in [0.2, 0.25) is 0 Å². The number of rotatable bonds is 1. The Morgan fingerprint density at radius 2 is 2.23 bits per heavy atom. The van der Waals surface area contributed by atoms with Crippen molar-refractivity contribution in [2.75, 3.05) is 24.7 Å². The second kappa shape index (κ2) is 3.42. The molecule has 0 aromatic rings. The Morgan fingerprint density at radius 3 is 2.77 bits per heavy atom. The molecule has 13 heavy (non-hydrogen) atoms. The van der Waals surface area contributed by atoms with Gasteiger partial charge in [-0.3, -0.25) is 0 Å². The summed E-state index contributed by atoms with van der Waals surface area (Å²) in [6, 6.07) is 0. The van der Waals surface area contributed by atoms with Gasteiger partial charge < -0.3 is 15.6 Å². The van der Waals surface area contributed by atoms with Crippen molar-refractivity contribution in [2.45, 2.75) is 30.4 Å². The lowest BCUT2D eigenvalue weighted by Gasteiger charge is -2.43. The zero-order chi connectivity index (χ0) is 9.36. The summed E-state index contributed by atoms with van der Waals surface area (Å²) in [5, 5.41) is 10.4. The third-order valence-electron chi connectivity index (χ3n) is 3.20. The van der Waals surface area contributed by atoms with Crippen molar-refractivity contribution < 1.29 is 9.84 Å². The predicted molar refractivity (Wildman–Crippen MR) is 53.9 cm³/mol. The fraction of sp³-hybridized carbons (Fsp3) is 1.00. The molecule has 0 radical (unpaired) electrons. The molecule has 2 unspecified atom stereocenters. The number of hydrogen-bond acceptors (Lipinski definition) is 4. The predicted octanol–water partition coefficient (Wildman–Crippen LogP) is 0.362. The fourth-order valence-electron chi connectivity index (χ4n) is 2.12. The quantitative estimate of drug-likeness (QED) is 0.646. The Hall–Kier alpha value is 0.230. The van der Waals surface area contributed by atoms with E-state index in [1.165, 1.54) is 0 Å². The molecule has 76 valence electrons. The Kier molecular flexibility index (Phi) is 2.57. The second-order valence-electron chi connectivity index (χ2n) is 4.15. The zero-order valence-corrected chi connectivity index (χ0v) is 8.61. The molecule has 2 saturated heterocycles. The van der Waals surface area contributed by atoms with Gasteiger partial charge >= 0.3 is 0 Å². The maximum atomic E-state index is 10.4. The van der Waals surface area contributed by atoms with E-state index in [-0.39, 0.29) is 0 Å². The number of nitrogens with two attached hydrogens (primary N) is 1. The van der Waals surface area contributed by atoms with Gasteiger partial charge in [0.05, 0.1) is 17.7 Å². The number of ether oxygens (including phenoxy) is 1. The molecule has 4 heteroatoms. The van der Waals surface area contributed by atoms with Crippen molar-refractivity contribution in [1.82, 2.24) is 0 Å². The van der Waals surface area contributed by atoms with Crippen molar-refractivity contribution in [3.05, 3.63) is 0 Å². The molecule has 0 aromatic carbocycles. The summed E-state index contributed by atoms with van der Waals surface area (Å²) < 4.78 is 5.28. The van der Waals surface area contributed by atoms with Gasteiger partial charge in [0.1, 0.15) is 0 Å². The molecule has 2 heterocycles. The molecular weight excluding hydrogens is 186 g/mol. The summed E-state index contributed by atoms with van der Waals surface area (Å²) in [5.74, 6) is 1.92. The average molecular weight is 203 g/mol. The molecule has 2 aliphatic heterocycles. The Labute approximate surface area is 83.0 Å². The van der Waals surface area contributed by atoms with Gasteiger partial charge in [0.25, 0.3) is 0 Å². The van der Waals surface area contributed by atoms with E-state index >= 15 is 0 Å². The first kappa shape index (κ1) is 9.77. The lowest BCUT2D eigenvalue weighted by Crippen LogP contribution is -2.63. The topological polar surface area (TPSA) is 55.5 Å². The highest BCUT2D eigenvalue weighted by atomic mass is 32.2. The van der Waals surface area contributed by atoms with Crippen molar-refractivity contribution in [1.29, 1.82) is 0 Å². The van der Waals surface area contributed by atoms with Crippen molar-refractivity contribution in [3.8, 4) is 0 Å². The molecule has 0 aromatic heterocycles. The van der Waals surface area contributed by atoms with Gasteiger partial charge in [0, 0.05) is 12.4 Å². The van der Waals surface area contributed by atoms with Crippen LogP contribution in [0.4, 0.5) is 0 Å². The van der Waals surface area contributed by atoms with Crippen molar-refractivity contribution >= 4 is 11.8 Å². The maximum Gasteiger partial charge on any atom is 0.0939 e. The monoisotopic (exact) mass is 203 g/mol. The Morgan fingerprint density at radius 1 is 1.38 bits per heavy atom. The molecule has 0 amide bonds. The van der Waals surface area contributed by atoms with Gasteiger partial charge in [0.2, 0.25) is 0 Å². The van der Waals surface area contributed by atoms with E-state index in [4.69, 9.17) is 10.5 Å². The normalized spacial score (nSPS) is 46.6. The zero-order valence-electron chi connectivity index (χ0n) is 7.79. The highest BCUT2D eigenvalue weighted by Crippen LogP contribution is 2.38. The maximum absolute atomic E-state index is 10.4. The van der Waals surface area contributed by atoms with Gasteiger partial charge in [-0.05, 0) is 25.0 Å². The first-order valence-corrected chi connectivity index (χ1v) is 5.99. The van der Waals surface area contributed by atoms with Gasteiger partial charge in [0.15, 0.2) is 0 Å². The minimum absolute atomic E-state index is 0.486. The lowest BCUT2D eigenvalue weighted by molar-refractivity contribution is -0.0282. The van der Waals surface area contributed by atoms with Crippen LogP contribution < -0.4 is 5.73 Å². The van der Waals surface area contributed by atoms with E-state index in [1.807, 2.05) is 0 Å². The molecular formula is C9H17NO2S. The summed E-state index contributed by atoms with van der Waals surface area (Å²) in [4.78, 5) is 0. The Balaban J connectivity index is 2.11. The third kappa shape index (κ3) is 1.61. The van der Waals surface area contributed by atoms with Gasteiger partial charge in [-0.2, -0.15) is 11.8 Å². The van der Waals surface area contributed by atoms with Crippen LogP contribution in [-0.2, 0) is 4.74 Å². The van der Waals surface area contributed by atoms with Gasteiger partial charge in [-0.25, -0.2) is 0 Å². The molecule has 0 bridgehead atoms. The van der Waals surface area contributed by atoms with E-state index in [9.17, 15) is 5.11 Å². The molecule has 0 saturated carbocycles. The third-order valence-corrected chi connectivity index (χ3v) is 4.46. The van der Waals surface area contributed by atoms with Gasteiger partial charge in [-0.15, -0.1) is 0 Å². The van der Waals surface area contributed by atoms with E-state index in [1.54, 1.807) is 11.8 Å². The molecule has 3 nitrogen and oxygen atoms in total. The van der Waals surface area contributed by atoms with Crippen molar-refractivity contribution in [2.24, 2.45) is 5.73 Å². The van der Waals surface area contributed by atoms with Crippen LogP contribution in [0.25, 0.3) is 0 Å². The smallest absolute Gasteiger partial charge is 0.0939 e. The second-order valence-corrected chi connectivity index (χ2v) is 5.25. The minimum Gasteiger partial charge on any atom is -0.387 e. The molecule has 0 aliphatic carbocycles. The molecule has 2 rings (SSSR count). The molecule has 2 fully saturated rings. The SMILES string of the molecule is NC1(C2(O)CCCSC2)CCOC1. The summed E-state index contributed by atoms with van der Waals surface area (Å²) in [6.45, 7) is 1.22. The fourth-order valence-corrected chi connectivity index (χ4v) is 3.38. The molecule has 0 spiro atoms. The molecule has 2 aliphatic rings. The number of thioether (sulfide) groups is 1. The number of hydrogen-bond donors (Lipinski definition) is 2.